The molecule has 0 radical (unpaired) electrons. The molecule has 5 rings (SSSR count). The topological polar surface area (TPSA) is 101 Å². The van der Waals surface area contributed by atoms with Crippen molar-refractivity contribution in [1.82, 2.24) is 24.5 Å². The Labute approximate surface area is 204 Å². The highest BCUT2D eigenvalue weighted by molar-refractivity contribution is 6.04. The number of nitrogens with two attached hydrogens (primary N) is 1. The molecule has 0 bridgehead atoms. The van der Waals surface area contributed by atoms with Gasteiger partial charge in [-0.15, -0.1) is 0 Å². The van der Waals surface area contributed by atoms with Gasteiger partial charge in [-0.1, -0.05) is 12.0 Å². The lowest BCUT2D eigenvalue weighted by Gasteiger charge is -2.37. The van der Waals surface area contributed by atoms with Crippen LogP contribution < -0.4 is 11.1 Å². The number of anilines is 1. The average molecular weight is 491 g/mol. The third kappa shape index (κ3) is 5.05. The third-order valence-corrected chi connectivity index (χ3v) is 5.67. The van der Waals surface area contributed by atoms with Gasteiger partial charge in [-0.2, -0.15) is 18.3 Å². The molecule has 1 saturated heterocycles. The lowest BCUT2D eigenvalue weighted by Crippen LogP contribution is -2.55. The van der Waals surface area contributed by atoms with E-state index >= 15 is 0 Å². The maximum absolute atomic E-state index is 13.7. The normalized spacial score (nSPS) is 14.2. The molecule has 4 aromatic rings. The summed E-state index contributed by atoms with van der Waals surface area (Å²) in [5.74, 6) is 5.25. The number of aromatic nitrogens is 4. The van der Waals surface area contributed by atoms with Crippen LogP contribution in [0.15, 0.2) is 61.2 Å². The van der Waals surface area contributed by atoms with Crippen molar-refractivity contribution in [2.45, 2.75) is 18.8 Å². The van der Waals surface area contributed by atoms with Crippen LogP contribution in [0.5, 0.6) is 0 Å². The summed E-state index contributed by atoms with van der Waals surface area (Å²) in [5.41, 5.74) is 6.91. The molecule has 4 heterocycles. The largest absolute Gasteiger partial charge is 0.416 e. The highest BCUT2D eigenvalue weighted by Gasteiger charge is 2.35. The van der Waals surface area contributed by atoms with E-state index in [0.29, 0.717) is 30.0 Å². The zero-order chi connectivity index (χ0) is 25.3. The summed E-state index contributed by atoms with van der Waals surface area (Å²) in [6.45, 7) is 1.25. The van der Waals surface area contributed by atoms with Gasteiger partial charge in [0.1, 0.15) is 5.69 Å². The molecule has 0 saturated carbocycles. The minimum absolute atomic E-state index is 0.0110. The van der Waals surface area contributed by atoms with E-state index in [1.165, 1.54) is 30.6 Å². The van der Waals surface area contributed by atoms with Crippen molar-refractivity contribution >= 4 is 17.2 Å². The molecule has 1 fully saturated rings. The highest BCUT2D eigenvalue weighted by atomic mass is 19.4. The second-order valence-electron chi connectivity index (χ2n) is 8.43. The molecule has 8 nitrogen and oxygen atoms in total. The molecule has 11 heteroatoms. The number of amides is 1. The molecule has 3 N–H and O–H groups in total. The number of carbonyl (C=O) groups is 1. The Morgan fingerprint density at radius 3 is 2.75 bits per heavy atom. The summed E-state index contributed by atoms with van der Waals surface area (Å²) in [4.78, 5) is 22.9. The number of hydrogen-bond donors (Lipinski definition) is 2. The number of likely N-dealkylation sites (tertiary alicyclic amines) is 1. The molecule has 0 spiro atoms. The van der Waals surface area contributed by atoms with Crippen molar-refractivity contribution in [3.63, 3.8) is 0 Å². The molecule has 1 aliphatic rings. The maximum atomic E-state index is 13.7. The van der Waals surface area contributed by atoms with Gasteiger partial charge >= 0.3 is 6.18 Å². The van der Waals surface area contributed by atoms with E-state index < -0.39 is 17.6 Å². The zero-order valence-corrected chi connectivity index (χ0v) is 18.8. The van der Waals surface area contributed by atoms with Crippen LogP contribution in [0.2, 0.25) is 0 Å². The number of halogens is 3. The summed E-state index contributed by atoms with van der Waals surface area (Å²) in [6.07, 6.45) is 1.44. The number of nitrogens with one attached hydrogen (secondary N) is 1. The van der Waals surface area contributed by atoms with Crippen LogP contribution in [0, 0.1) is 11.8 Å². The SMILES string of the molecule is NC1CN(Cc2ccc(NC(=O)c3cncc(C#Cc4cnc5cccnn45)c3)cc2C(F)(F)F)C1. The van der Waals surface area contributed by atoms with E-state index in [-0.39, 0.29) is 29.4 Å². The Bertz CT molecular complexity index is 1500. The monoisotopic (exact) mass is 491 g/mol. The average Bonchev–Trinajstić information content (AvgIpc) is 3.25. The maximum Gasteiger partial charge on any atom is 0.416 e. The number of imidazole rings is 1. The Morgan fingerprint density at radius 1 is 1.14 bits per heavy atom. The van der Waals surface area contributed by atoms with E-state index in [1.807, 2.05) is 4.90 Å². The minimum atomic E-state index is -4.56. The number of hydrogen-bond acceptors (Lipinski definition) is 6. The van der Waals surface area contributed by atoms with Crippen molar-refractivity contribution < 1.29 is 18.0 Å². The second-order valence-corrected chi connectivity index (χ2v) is 8.43. The Morgan fingerprint density at radius 2 is 1.97 bits per heavy atom. The van der Waals surface area contributed by atoms with Crippen molar-refractivity contribution in [2.75, 3.05) is 18.4 Å². The van der Waals surface area contributed by atoms with Crippen molar-refractivity contribution in [1.29, 1.82) is 0 Å². The molecule has 0 atom stereocenters. The fourth-order valence-corrected chi connectivity index (χ4v) is 3.92. The third-order valence-electron chi connectivity index (χ3n) is 5.67. The molecular weight excluding hydrogens is 471 g/mol. The molecule has 36 heavy (non-hydrogen) atoms. The van der Waals surface area contributed by atoms with Gasteiger partial charge in [0, 0.05) is 55.5 Å². The molecule has 3 aromatic heterocycles. The molecule has 182 valence electrons. The van der Waals surface area contributed by atoms with Gasteiger partial charge in [0.15, 0.2) is 5.65 Å². The van der Waals surface area contributed by atoms with E-state index in [0.717, 1.165) is 6.07 Å². The summed E-state index contributed by atoms with van der Waals surface area (Å²) < 4.78 is 42.7. The first-order chi connectivity index (χ1) is 17.3. The van der Waals surface area contributed by atoms with Crippen molar-refractivity contribution in [2.24, 2.45) is 5.73 Å². The second kappa shape index (κ2) is 9.41. The number of alkyl halides is 3. The Kier molecular flexibility index (Phi) is 6.13. The van der Waals surface area contributed by atoms with Gasteiger partial charge in [0.05, 0.1) is 17.3 Å². The van der Waals surface area contributed by atoms with Crippen LogP contribution in [0.3, 0.4) is 0 Å². The molecule has 1 aromatic carbocycles. The predicted molar refractivity (Wildman–Crippen MR) is 126 cm³/mol. The summed E-state index contributed by atoms with van der Waals surface area (Å²) in [5, 5.41) is 6.71. The van der Waals surface area contributed by atoms with Crippen LogP contribution in [0.4, 0.5) is 18.9 Å². The van der Waals surface area contributed by atoms with Gasteiger partial charge in [0.25, 0.3) is 5.91 Å². The molecular formula is C25H20F3N7O. The predicted octanol–water partition coefficient (Wildman–Crippen LogP) is 2.94. The lowest BCUT2D eigenvalue weighted by molar-refractivity contribution is -0.138. The molecule has 0 unspecified atom stereocenters. The number of nitrogens with zero attached hydrogens (tertiary/aromatic N) is 5. The van der Waals surface area contributed by atoms with E-state index in [9.17, 15) is 18.0 Å². The smallest absolute Gasteiger partial charge is 0.325 e. The van der Waals surface area contributed by atoms with Gasteiger partial charge in [-0.3, -0.25) is 14.7 Å². The highest BCUT2D eigenvalue weighted by Crippen LogP contribution is 2.35. The fraction of sp³-hybridized carbons (Fsp3) is 0.200. The first-order valence-corrected chi connectivity index (χ1v) is 11.0. The van der Waals surface area contributed by atoms with Crippen LogP contribution in [0.1, 0.15) is 32.7 Å². The van der Waals surface area contributed by atoms with Crippen LogP contribution in [-0.4, -0.2) is 49.5 Å². The van der Waals surface area contributed by atoms with Crippen LogP contribution >= 0.6 is 0 Å². The number of rotatable bonds is 4. The fourth-order valence-electron chi connectivity index (χ4n) is 3.92. The standard InChI is InChI=1S/C25H20F3N7O/c26-25(27,28)22-9-20(5-4-17(22)13-34-14-19(29)15-34)33-24(36)18-8-16(10-30-11-18)3-6-21-12-31-23-2-1-7-32-35(21)23/h1-2,4-5,7-12,19H,13-15,29H2,(H,33,36). The van der Waals surface area contributed by atoms with Crippen LogP contribution in [0.25, 0.3) is 5.65 Å². The first kappa shape index (κ1) is 23.5. The van der Waals surface area contributed by atoms with Gasteiger partial charge in [0.2, 0.25) is 0 Å². The van der Waals surface area contributed by atoms with Gasteiger partial charge < -0.3 is 11.1 Å². The number of pyridine rings is 1. The van der Waals surface area contributed by atoms with E-state index in [4.69, 9.17) is 5.73 Å². The summed E-state index contributed by atoms with van der Waals surface area (Å²) in [6, 6.07) is 8.84. The summed E-state index contributed by atoms with van der Waals surface area (Å²) in [7, 11) is 0. The zero-order valence-electron chi connectivity index (χ0n) is 18.8. The molecule has 0 aliphatic carbocycles. The van der Waals surface area contributed by atoms with E-state index in [1.54, 1.807) is 29.0 Å². The lowest BCUT2D eigenvalue weighted by atomic mass is 10.0. The van der Waals surface area contributed by atoms with Crippen molar-refractivity contribution in [3.8, 4) is 11.8 Å². The van der Waals surface area contributed by atoms with Gasteiger partial charge in [-0.05, 0) is 41.8 Å². The van der Waals surface area contributed by atoms with Crippen LogP contribution in [-0.2, 0) is 12.7 Å². The Balaban J connectivity index is 1.33. The molecule has 1 amide bonds. The number of fused-ring (bicyclic) bond motifs is 1. The first-order valence-electron chi connectivity index (χ1n) is 11.0. The minimum Gasteiger partial charge on any atom is -0.325 e. The van der Waals surface area contributed by atoms with E-state index in [2.05, 4.69) is 32.2 Å². The number of carbonyl (C=O) groups excluding carboxylic acids is 1. The molecule has 1 aliphatic heterocycles. The summed E-state index contributed by atoms with van der Waals surface area (Å²) >= 11 is 0. The Hall–Kier alpha value is -4.27. The van der Waals surface area contributed by atoms with Gasteiger partial charge in [-0.25, -0.2) is 9.50 Å². The quantitative estimate of drug-likeness (QED) is 0.426. The number of benzene rings is 1. The van der Waals surface area contributed by atoms with Crippen molar-refractivity contribution in [3.05, 3.63) is 89.1 Å².